The van der Waals surface area contributed by atoms with Gasteiger partial charge in [0.15, 0.2) is 0 Å². The van der Waals surface area contributed by atoms with Crippen LogP contribution >= 0.6 is 0 Å². The van der Waals surface area contributed by atoms with Crippen LogP contribution in [0.2, 0.25) is 0 Å². The number of piperidine rings is 1. The minimum absolute atomic E-state index is 0.566. The van der Waals surface area contributed by atoms with Gasteiger partial charge >= 0.3 is 6.18 Å². The molecule has 6 heteroatoms. The van der Waals surface area contributed by atoms with E-state index in [9.17, 15) is 13.2 Å². The first-order valence-electron chi connectivity index (χ1n) is 7.91. The lowest BCUT2D eigenvalue weighted by Crippen LogP contribution is -2.54. The zero-order valence-electron chi connectivity index (χ0n) is 12.6. The molecule has 22 heavy (non-hydrogen) atoms. The van der Waals surface area contributed by atoms with Crippen molar-refractivity contribution in [1.29, 1.82) is 0 Å². The average molecular weight is 313 g/mol. The lowest BCUT2D eigenvalue weighted by molar-refractivity contribution is -0.137. The Bertz CT molecular complexity index is 490. The maximum Gasteiger partial charge on any atom is 0.416 e. The maximum atomic E-state index is 12.8. The van der Waals surface area contributed by atoms with Crippen LogP contribution in [0.15, 0.2) is 24.3 Å². The summed E-state index contributed by atoms with van der Waals surface area (Å²) >= 11 is 0. The van der Waals surface area contributed by atoms with Gasteiger partial charge < -0.3 is 10.2 Å². The number of rotatable bonds is 2. The number of hydrogen-bond donors (Lipinski definition) is 1. The van der Waals surface area contributed by atoms with Gasteiger partial charge in [-0.05, 0) is 37.6 Å². The van der Waals surface area contributed by atoms with Gasteiger partial charge in [0.2, 0.25) is 0 Å². The quantitative estimate of drug-likeness (QED) is 0.905. The fourth-order valence-corrected chi connectivity index (χ4v) is 3.37. The number of alkyl halides is 3. The first-order chi connectivity index (χ1) is 10.5. The number of nitrogens with one attached hydrogen (secondary N) is 1. The second kappa shape index (κ2) is 6.46. The number of benzene rings is 1. The van der Waals surface area contributed by atoms with E-state index >= 15 is 0 Å². The molecule has 2 heterocycles. The minimum atomic E-state index is -4.27. The molecule has 122 valence electrons. The lowest BCUT2D eigenvalue weighted by atomic mass is 10.0. The molecule has 0 radical (unpaired) electrons. The van der Waals surface area contributed by atoms with Crippen molar-refractivity contribution in [3.05, 3.63) is 29.8 Å². The van der Waals surface area contributed by atoms with E-state index in [0.29, 0.717) is 11.7 Å². The molecule has 1 N–H and O–H groups in total. The number of anilines is 1. The molecule has 0 unspecified atom stereocenters. The predicted octanol–water partition coefficient (Wildman–Crippen LogP) is 2.58. The molecule has 0 amide bonds. The van der Waals surface area contributed by atoms with E-state index in [1.54, 1.807) is 6.07 Å². The molecular formula is C16H22F3N3. The van der Waals surface area contributed by atoms with Gasteiger partial charge in [-0.25, -0.2) is 0 Å². The molecule has 2 aliphatic heterocycles. The number of halogens is 3. The van der Waals surface area contributed by atoms with Crippen LogP contribution in [0.3, 0.4) is 0 Å². The van der Waals surface area contributed by atoms with Gasteiger partial charge in [0.25, 0.3) is 0 Å². The van der Waals surface area contributed by atoms with Crippen molar-refractivity contribution in [2.75, 3.05) is 44.2 Å². The molecule has 2 saturated heterocycles. The smallest absolute Gasteiger partial charge is 0.369 e. The summed E-state index contributed by atoms with van der Waals surface area (Å²) in [6.07, 6.45) is -1.85. The van der Waals surface area contributed by atoms with Gasteiger partial charge in [0.1, 0.15) is 0 Å². The normalized spacial score (nSPS) is 24.5. The highest BCUT2D eigenvalue weighted by molar-refractivity contribution is 5.49. The van der Waals surface area contributed by atoms with Crippen molar-refractivity contribution in [3.8, 4) is 0 Å². The standard InChI is InChI=1S/C16H22F3N3/c17-16(18,19)13-3-1-4-14(11-13)21-7-9-22(10-8-21)15-5-2-6-20-12-15/h1,3-4,11,15,20H,2,5-10,12H2/t15-/m1/s1. The van der Waals surface area contributed by atoms with E-state index in [4.69, 9.17) is 0 Å². The molecule has 0 bridgehead atoms. The fourth-order valence-electron chi connectivity index (χ4n) is 3.37. The molecule has 1 atom stereocenters. The third-order valence-electron chi connectivity index (χ3n) is 4.64. The second-order valence-corrected chi connectivity index (χ2v) is 6.07. The number of piperazine rings is 1. The third kappa shape index (κ3) is 3.55. The van der Waals surface area contributed by atoms with Crippen molar-refractivity contribution in [3.63, 3.8) is 0 Å². The third-order valence-corrected chi connectivity index (χ3v) is 4.64. The van der Waals surface area contributed by atoms with Crippen molar-refractivity contribution in [2.24, 2.45) is 0 Å². The minimum Gasteiger partial charge on any atom is -0.369 e. The second-order valence-electron chi connectivity index (χ2n) is 6.07. The Balaban J connectivity index is 1.61. The highest BCUT2D eigenvalue weighted by atomic mass is 19.4. The van der Waals surface area contributed by atoms with E-state index in [1.807, 2.05) is 0 Å². The SMILES string of the molecule is FC(F)(F)c1cccc(N2CCN([C@@H]3CCCNC3)CC2)c1. The van der Waals surface area contributed by atoms with Gasteiger partial charge in [-0.15, -0.1) is 0 Å². The molecule has 0 saturated carbocycles. The lowest BCUT2D eigenvalue weighted by Gasteiger charge is -2.41. The Hall–Kier alpha value is -1.27. The first-order valence-corrected chi connectivity index (χ1v) is 7.91. The van der Waals surface area contributed by atoms with Crippen molar-refractivity contribution >= 4 is 5.69 Å². The van der Waals surface area contributed by atoms with Crippen LogP contribution in [-0.4, -0.2) is 50.2 Å². The molecule has 3 nitrogen and oxygen atoms in total. The molecule has 1 aromatic carbocycles. The first kappa shape index (κ1) is 15.6. The zero-order valence-corrected chi connectivity index (χ0v) is 12.6. The van der Waals surface area contributed by atoms with Crippen LogP contribution in [0.4, 0.5) is 18.9 Å². The van der Waals surface area contributed by atoms with Gasteiger partial charge in [-0.3, -0.25) is 4.90 Å². The number of nitrogens with zero attached hydrogens (tertiary/aromatic N) is 2. The van der Waals surface area contributed by atoms with Crippen LogP contribution in [-0.2, 0) is 6.18 Å². The maximum absolute atomic E-state index is 12.8. The Morgan fingerprint density at radius 1 is 1.09 bits per heavy atom. The summed E-state index contributed by atoms with van der Waals surface area (Å²) in [4.78, 5) is 4.53. The molecule has 2 fully saturated rings. The summed E-state index contributed by atoms with van der Waals surface area (Å²) in [6, 6.07) is 6.24. The Morgan fingerprint density at radius 2 is 1.86 bits per heavy atom. The van der Waals surface area contributed by atoms with Crippen LogP contribution in [0.25, 0.3) is 0 Å². The fraction of sp³-hybridized carbons (Fsp3) is 0.625. The molecule has 3 rings (SSSR count). The Labute approximate surface area is 129 Å². The summed E-state index contributed by atoms with van der Waals surface area (Å²) in [5.74, 6) is 0. The van der Waals surface area contributed by atoms with Crippen molar-refractivity contribution < 1.29 is 13.2 Å². The van der Waals surface area contributed by atoms with Crippen molar-refractivity contribution in [1.82, 2.24) is 10.2 Å². The highest BCUT2D eigenvalue weighted by Gasteiger charge is 2.31. The Kier molecular flexibility index (Phi) is 4.59. The summed E-state index contributed by atoms with van der Waals surface area (Å²) in [5.41, 5.74) is 0.111. The molecule has 1 aromatic rings. The van der Waals surface area contributed by atoms with E-state index < -0.39 is 11.7 Å². The van der Waals surface area contributed by atoms with Crippen molar-refractivity contribution in [2.45, 2.75) is 25.1 Å². The van der Waals surface area contributed by atoms with Gasteiger partial charge in [-0.1, -0.05) is 6.07 Å². The van der Waals surface area contributed by atoms with E-state index in [0.717, 1.165) is 45.3 Å². The largest absolute Gasteiger partial charge is 0.416 e. The molecule has 0 aromatic heterocycles. The van der Waals surface area contributed by atoms with Crippen LogP contribution in [0.5, 0.6) is 0 Å². The monoisotopic (exact) mass is 313 g/mol. The summed E-state index contributed by atoms with van der Waals surface area (Å²) < 4.78 is 38.4. The molecular weight excluding hydrogens is 291 g/mol. The summed E-state index contributed by atoms with van der Waals surface area (Å²) in [7, 11) is 0. The molecule has 0 aliphatic carbocycles. The highest BCUT2D eigenvalue weighted by Crippen LogP contribution is 2.32. The summed E-state index contributed by atoms with van der Waals surface area (Å²) in [5, 5.41) is 3.42. The van der Waals surface area contributed by atoms with E-state index in [2.05, 4.69) is 15.1 Å². The van der Waals surface area contributed by atoms with Gasteiger partial charge in [0.05, 0.1) is 5.56 Å². The van der Waals surface area contributed by atoms with Gasteiger partial charge in [0, 0.05) is 44.5 Å². The zero-order chi connectivity index (χ0) is 15.6. The van der Waals surface area contributed by atoms with Crippen LogP contribution in [0.1, 0.15) is 18.4 Å². The molecule has 0 spiro atoms. The van der Waals surface area contributed by atoms with E-state index in [1.165, 1.54) is 25.0 Å². The van der Waals surface area contributed by atoms with E-state index in [-0.39, 0.29) is 0 Å². The van der Waals surface area contributed by atoms with Crippen LogP contribution in [0, 0.1) is 0 Å². The average Bonchev–Trinajstić information content (AvgIpc) is 2.55. The Morgan fingerprint density at radius 3 is 2.50 bits per heavy atom. The van der Waals surface area contributed by atoms with Gasteiger partial charge in [-0.2, -0.15) is 13.2 Å². The topological polar surface area (TPSA) is 18.5 Å². The number of hydrogen-bond acceptors (Lipinski definition) is 3. The van der Waals surface area contributed by atoms with Crippen LogP contribution < -0.4 is 10.2 Å². The predicted molar refractivity (Wildman–Crippen MR) is 81.1 cm³/mol. The molecule has 2 aliphatic rings. The summed E-state index contributed by atoms with van der Waals surface area (Å²) in [6.45, 7) is 5.55.